The molecule has 4 heteroatoms. The van der Waals surface area contributed by atoms with E-state index in [0.717, 1.165) is 6.54 Å². The number of hydrogen-bond donors (Lipinski definition) is 1. The van der Waals surface area contributed by atoms with Crippen LogP contribution in [0.15, 0.2) is 24.3 Å². The van der Waals surface area contributed by atoms with E-state index in [1.54, 1.807) is 18.2 Å². The highest BCUT2D eigenvalue weighted by molar-refractivity contribution is 5.36. The molecule has 0 aliphatic rings. The van der Waals surface area contributed by atoms with Gasteiger partial charge in [-0.25, -0.2) is 0 Å². The van der Waals surface area contributed by atoms with Crippen molar-refractivity contribution in [2.45, 2.75) is 13.0 Å². The molecule has 1 aromatic rings. The smallest absolute Gasteiger partial charge is 0.120 e. The van der Waals surface area contributed by atoms with Gasteiger partial charge in [-0.15, -0.1) is 0 Å². The largest absolute Gasteiger partial charge is 0.492 e. The molecular formula is C13H18N2O2. The predicted octanol–water partition coefficient (Wildman–Crippen LogP) is 1.25. The van der Waals surface area contributed by atoms with Crippen molar-refractivity contribution in [3.05, 3.63) is 29.8 Å². The highest BCUT2D eigenvalue weighted by Crippen LogP contribution is 2.12. The number of hydrogen-bond acceptors (Lipinski definition) is 4. The van der Waals surface area contributed by atoms with E-state index in [1.807, 2.05) is 24.9 Å². The van der Waals surface area contributed by atoms with E-state index >= 15 is 0 Å². The van der Waals surface area contributed by atoms with E-state index in [1.165, 1.54) is 0 Å². The Balaban J connectivity index is 2.38. The SMILES string of the molecule is CC(CO)N(C)CCOc1cccc(C#N)c1. The predicted molar refractivity (Wildman–Crippen MR) is 65.8 cm³/mol. The number of nitriles is 1. The van der Waals surface area contributed by atoms with Crippen LogP contribution in [0.4, 0.5) is 0 Å². The normalized spacial score (nSPS) is 12.2. The van der Waals surface area contributed by atoms with Gasteiger partial charge in [0.25, 0.3) is 0 Å². The summed E-state index contributed by atoms with van der Waals surface area (Å²) in [6.07, 6.45) is 0. The van der Waals surface area contributed by atoms with Crippen molar-refractivity contribution in [2.75, 3.05) is 26.8 Å². The van der Waals surface area contributed by atoms with Gasteiger partial charge in [0.15, 0.2) is 0 Å². The van der Waals surface area contributed by atoms with Crippen LogP contribution in [-0.4, -0.2) is 42.9 Å². The number of likely N-dealkylation sites (N-methyl/N-ethyl adjacent to an activating group) is 1. The number of benzene rings is 1. The summed E-state index contributed by atoms with van der Waals surface area (Å²) in [6.45, 7) is 3.37. The van der Waals surface area contributed by atoms with E-state index in [9.17, 15) is 0 Å². The second-order valence-corrected chi connectivity index (χ2v) is 4.00. The van der Waals surface area contributed by atoms with Crippen LogP contribution in [0.25, 0.3) is 0 Å². The molecule has 0 aliphatic carbocycles. The van der Waals surface area contributed by atoms with Crippen LogP contribution in [0, 0.1) is 11.3 Å². The molecule has 1 atom stereocenters. The Morgan fingerprint density at radius 3 is 2.94 bits per heavy atom. The molecule has 0 aliphatic heterocycles. The van der Waals surface area contributed by atoms with Gasteiger partial charge in [0, 0.05) is 12.6 Å². The summed E-state index contributed by atoms with van der Waals surface area (Å²) in [5, 5.41) is 17.7. The Hall–Kier alpha value is -1.57. The van der Waals surface area contributed by atoms with Crippen LogP contribution in [0.5, 0.6) is 5.75 Å². The fourth-order valence-corrected chi connectivity index (χ4v) is 1.32. The maximum atomic E-state index is 8.97. The van der Waals surface area contributed by atoms with E-state index in [0.29, 0.717) is 17.9 Å². The van der Waals surface area contributed by atoms with Crippen LogP contribution in [0.3, 0.4) is 0 Å². The molecule has 92 valence electrons. The molecule has 4 nitrogen and oxygen atoms in total. The number of aliphatic hydroxyl groups excluding tert-OH is 1. The lowest BCUT2D eigenvalue weighted by Gasteiger charge is -2.22. The zero-order chi connectivity index (χ0) is 12.7. The molecule has 0 heterocycles. The minimum absolute atomic E-state index is 0.129. The third kappa shape index (κ3) is 4.43. The van der Waals surface area contributed by atoms with E-state index in [2.05, 4.69) is 6.07 Å². The summed E-state index contributed by atoms with van der Waals surface area (Å²) >= 11 is 0. The van der Waals surface area contributed by atoms with Crippen molar-refractivity contribution in [1.29, 1.82) is 5.26 Å². The first-order valence-corrected chi connectivity index (χ1v) is 5.61. The summed E-state index contributed by atoms with van der Waals surface area (Å²) in [6, 6.07) is 9.29. The quantitative estimate of drug-likeness (QED) is 0.805. The summed E-state index contributed by atoms with van der Waals surface area (Å²) < 4.78 is 5.54. The zero-order valence-corrected chi connectivity index (χ0v) is 10.3. The third-order valence-corrected chi connectivity index (χ3v) is 2.69. The molecule has 0 fully saturated rings. The van der Waals surface area contributed by atoms with Gasteiger partial charge >= 0.3 is 0 Å². The lowest BCUT2D eigenvalue weighted by molar-refractivity contribution is 0.140. The van der Waals surface area contributed by atoms with Crippen LogP contribution >= 0.6 is 0 Å². The minimum atomic E-state index is 0.129. The standard InChI is InChI=1S/C13H18N2O2/c1-11(10-16)15(2)6-7-17-13-5-3-4-12(8-13)9-14/h3-5,8,11,16H,6-7,10H2,1-2H3. The molecule has 0 amide bonds. The first-order chi connectivity index (χ1) is 8.17. The first kappa shape index (κ1) is 13.5. The van der Waals surface area contributed by atoms with Gasteiger partial charge < -0.3 is 9.84 Å². The van der Waals surface area contributed by atoms with Gasteiger partial charge in [-0.1, -0.05) is 6.07 Å². The van der Waals surface area contributed by atoms with E-state index in [4.69, 9.17) is 15.1 Å². The van der Waals surface area contributed by atoms with Crippen molar-refractivity contribution in [2.24, 2.45) is 0 Å². The summed E-state index contributed by atoms with van der Waals surface area (Å²) in [7, 11) is 1.94. The molecule has 0 spiro atoms. The maximum absolute atomic E-state index is 8.97. The fraction of sp³-hybridized carbons (Fsp3) is 0.462. The van der Waals surface area contributed by atoms with Crippen molar-refractivity contribution >= 4 is 0 Å². The molecule has 1 aromatic carbocycles. The van der Waals surface area contributed by atoms with Gasteiger partial charge in [-0.2, -0.15) is 5.26 Å². The highest BCUT2D eigenvalue weighted by Gasteiger charge is 2.07. The number of aliphatic hydroxyl groups is 1. The van der Waals surface area contributed by atoms with Gasteiger partial charge in [0.1, 0.15) is 12.4 Å². The average molecular weight is 234 g/mol. The Morgan fingerprint density at radius 2 is 2.29 bits per heavy atom. The number of ether oxygens (including phenoxy) is 1. The molecule has 0 bridgehead atoms. The topological polar surface area (TPSA) is 56.5 Å². The molecule has 0 radical (unpaired) electrons. The Morgan fingerprint density at radius 1 is 1.53 bits per heavy atom. The van der Waals surface area contributed by atoms with Crippen molar-refractivity contribution < 1.29 is 9.84 Å². The Labute approximate surface area is 102 Å². The summed E-state index contributed by atoms with van der Waals surface area (Å²) in [5.74, 6) is 0.703. The van der Waals surface area contributed by atoms with Crippen molar-refractivity contribution in [1.82, 2.24) is 4.90 Å². The number of rotatable bonds is 6. The summed E-state index contributed by atoms with van der Waals surface area (Å²) in [4.78, 5) is 2.02. The Bertz CT molecular complexity index is 387. The second-order valence-electron chi connectivity index (χ2n) is 4.00. The molecule has 1 N–H and O–H groups in total. The van der Waals surface area contributed by atoms with E-state index in [-0.39, 0.29) is 12.6 Å². The Kier molecular flexibility index (Phi) is 5.47. The molecular weight excluding hydrogens is 216 g/mol. The van der Waals surface area contributed by atoms with Gasteiger partial charge in [0.2, 0.25) is 0 Å². The molecule has 0 aromatic heterocycles. The van der Waals surface area contributed by atoms with E-state index < -0.39 is 0 Å². The lowest BCUT2D eigenvalue weighted by Crippen LogP contribution is -2.35. The molecule has 1 unspecified atom stereocenters. The highest BCUT2D eigenvalue weighted by atomic mass is 16.5. The minimum Gasteiger partial charge on any atom is -0.492 e. The first-order valence-electron chi connectivity index (χ1n) is 5.61. The monoisotopic (exact) mass is 234 g/mol. The molecule has 17 heavy (non-hydrogen) atoms. The zero-order valence-electron chi connectivity index (χ0n) is 10.3. The van der Waals surface area contributed by atoms with Crippen LogP contribution in [0.2, 0.25) is 0 Å². The molecule has 0 saturated carbocycles. The second kappa shape index (κ2) is 6.89. The van der Waals surface area contributed by atoms with Gasteiger partial charge in [0.05, 0.1) is 18.2 Å². The molecule has 0 saturated heterocycles. The fourth-order valence-electron chi connectivity index (χ4n) is 1.32. The van der Waals surface area contributed by atoms with Crippen LogP contribution in [0.1, 0.15) is 12.5 Å². The van der Waals surface area contributed by atoms with Gasteiger partial charge in [-0.05, 0) is 32.2 Å². The van der Waals surface area contributed by atoms with Crippen LogP contribution in [-0.2, 0) is 0 Å². The van der Waals surface area contributed by atoms with Crippen molar-refractivity contribution in [3.8, 4) is 11.8 Å². The third-order valence-electron chi connectivity index (χ3n) is 2.69. The van der Waals surface area contributed by atoms with Gasteiger partial charge in [-0.3, -0.25) is 4.90 Å². The van der Waals surface area contributed by atoms with Crippen LogP contribution < -0.4 is 4.74 Å². The van der Waals surface area contributed by atoms with Crippen molar-refractivity contribution in [3.63, 3.8) is 0 Å². The number of nitrogens with zero attached hydrogens (tertiary/aromatic N) is 2. The lowest BCUT2D eigenvalue weighted by atomic mass is 10.2. The molecule has 1 rings (SSSR count). The maximum Gasteiger partial charge on any atom is 0.120 e. The summed E-state index contributed by atoms with van der Waals surface area (Å²) in [5.41, 5.74) is 0.597. The average Bonchev–Trinajstić information content (AvgIpc) is 2.37.